The van der Waals surface area contributed by atoms with E-state index < -0.39 is 12.3 Å². The Morgan fingerprint density at radius 3 is 2.75 bits per heavy atom. The number of hydrogen-bond donors (Lipinski definition) is 1. The van der Waals surface area contributed by atoms with Crippen molar-refractivity contribution in [1.82, 2.24) is 24.6 Å². The number of hydrogen-bond acceptors (Lipinski definition) is 6. The third-order valence-corrected chi connectivity index (χ3v) is 5.74. The van der Waals surface area contributed by atoms with Crippen LogP contribution in [-0.4, -0.2) is 61.7 Å². The van der Waals surface area contributed by atoms with Gasteiger partial charge in [0.2, 0.25) is 5.88 Å². The largest absolute Gasteiger partial charge is 0.507 e. The molecule has 1 saturated carbocycles. The third kappa shape index (κ3) is 2.80. The summed E-state index contributed by atoms with van der Waals surface area (Å²) in [5, 5.41) is 18.6. The Hall–Kier alpha value is -3.00. The van der Waals surface area contributed by atoms with Gasteiger partial charge in [-0.25, -0.2) is 9.37 Å². The van der Waals surface area contributed by atoms with Crippen molar-refractivity contribution < 1.29 is 14.2 Å². The number of imidazole rings is 1. The number of phenols is 1. The van der Waals surface area contributed by atoms with E-state index in [-0.39, 0.29) is 17.7 Å². The zero-order chi connectivity index (χ0) is 19.3. The van der Waals surface area contributed by atoms with E-state index in [1.807, 2.05) is 13.1 Å². The second-order valence-corrected chi connectivity index (χ2v) is 7.46. The minimum atomic E-state index is -1.01. The van der Waals surface area contributed by atoms with Crippen molar-refractivity contribution in [3.63, 3.8) is 0 Å². The van der Waals surface area contributed by atoms with Gasteiger partial charge in [0.15, 0.2) is 6.17 Å². The molecule has 2 aromatic heterocycles. The molecular weight excluding hydrogens is 361 g/mol. The number of nitrogens with zero attached hydrogens (tertiary/aromatic N) is 5. The highest BCUT2D eigenvalue weighted by Gasteiger charge is 2.52. The molecule has 3 aromatic rings. The molecule has 0 spiro atoms. The fourth-order valence-electron chi connectivity index (χ4n) is 4.30. The summed E-state index contributed by atoms with van der Waals surface area (Å²) >= 11 is 0. The van der Waals surface area contributed by atoms with Crippen molar-refractivity contribution in [2.75, 3.05) is 13.6 Å². The molecule has 1 N–H and O–H groups in total. The number of aromatic nitrogens is 4. The van der Waals surface area contributed by atoms with E-state index in [1.165, 1.54) is 0 Å². The molecule has 8 heteroatoms. The summed E-state index contributed by atoms with van der Waals surface area (Å²) in [5.41, 5.74) is 1.88. The van der Waals surface area contributed by atoms with Crippen LogP contribution in [0.4, 0.5) is 4.39 Å². The van der Waals surface area contributed by atoms with Gasteiger partial charge in [0, 0.05) is 48.6 Å². The summed E-state index contributed by atoms with van der Waals surface area (Å²) in [6.45, 7) is 0.846. The minimum Gasteiger partial charge on any atom is -0.507 e. The van der Waals surface area contributed by atoms with Crippen LogP contribution in [0.15, 0.2) is 49.1 Å². The normalized spacial score (nSPS) is 26.6. The van der Waals surface area contributed by atoms with Crippen molar-refractivity contribution in [2.45, 2.75) is 24.7 Å². The van der Waals surface area contributed by atoms with E-state index in [0.29, 0.717) is 17.1 Å². The average molecular weight is 381 g/mol. The topological polar surface area (TPSA) is 76.3 Å². The van der Waals surface area contributed by atoms with Crippen LogP contribution < -0.4 is 4.74 Å². The smallest absolute Gasteiger partial charge is 0.233 e. The first-order chi connectivity index (χ1) is 13.6. The molecule has 2 aliphatic rings. The van der Waals surface area contributed by atoms with Crippen molar-refractivity contribution >= 4 is 0 Å². The molecule has 2 bridgehead atoms. The zero-order valence-electron chi connectivity index (χ0n) is 15.3. The molecule has 5 rings (SSSR count). The number of alkyl halides is 1. The lowest BCUT2D eigenvalue weighted by atomic mass is 10.1. The van der Waals surface area contributed by atoms with Crippen LogP contribution in [0.25, 0.3) is 16.9 Å². The van der Waals surface area contributed by atoms with E-state index in [4.69, 9.17) is 4.74 Å². The number of phenolic OH excluding ortho intramolecular Hbond substituents is 1. The van der Waals surface area contributed by atoms with Gasteiger partial charge in [-0.3, -0.25) is 4.90 Å². The van der Waals surface area contributed by atoms with Gasteiger partial charge in [-0.2, -0.15) is 0 Å². The Morgan fingerprint density at radius 1 is 1.21 bits per heavy atom. The lowest BCUT2D eigenvalue weighted by molar-refractivity contribution is 0.0220. The number of fused-ring (bicyclic) bond motifs is 2. The molecule has 1 aliphatic carbocycles. The second kappa shape index (κ2) is 6.56. The van der Waals surface area contributed by atoms with Crippen molar-refractivity contribution in [2.24, 2.45) is 5.92 Å². The van der Waals surface area contributed by atoms with Crippen LogP contribution >= 0.6 is 0 Å². The second-order valence-electron chi connectivity index (χ2n) is 7.46. The van der Waals surface area contributed by atoms with Crippen LogP contribution in [0, 0.1) is 5.92 Å². The Morgan fingerprint density at radius 2 is 2.11 bits per heavy atom. The van der Waals surface area contributed by atoms with E-state index in [0.717, 1.165) is 18.7 Å². The van der Waals surface area contributed by atoms with Gasteiger partial charge in [0.05, 0.1) is 17.7 Å². The molecule has 7 nitrogen and oxygen atoms in total. The zero-order valence-corrected chi connectivity index (χ0v) is 15.3. The molecule has 3 heterocycles. The van der Waals surface area contributed by atoms with Crippen LogP contribution in [0.5, 0.6) is 11.6 Å². The molecule has 1 saturated heterocycles. The monoisotopic (exact) mass is 381 g/mol. The summed E-state index contributed by atoms with van der Waals surface area (Å²) < 4.78 is 22.1. The van der Waals surface area contributed by atoms with Gasteiger partial charge in [0.1, 0.15) is 11.9 Å². The van der Waals surface area contributed by atoms with Crippen LogP contribution in [-0.2, 0) is 0 Å². The minimum absolute atomic E-state index is 0.0619. The van der Waals surface area contributed by atoms with Crippen LogP contribution in [0.3, 0.4) is 0 Å². The van der Waals surface area contributed by atoms with Gasteiger partial charge in [0.25, 0.3) is 0 Å². The maximum absolute atomic E-state index is 14.5. The Labute approximate surface area is 161 Å². The molecule has 0 amide bonds. The molecule has 144 valence electrons. The van der Waals surface area contributed by atoms with E-state index in [2.05, 4.69) is 20.1 Å². The molecule has 4 atom stereocenters. The van der Waals surface area contributed by atoms with Gasteiger partial charge in [-0.1, -0.05) is 0 Å². The first-order valence-electron chi connectivity index (χ1n) is 9.26. The molecular formula is C20H20FN5O2. The van der Waals surface area contributed by atoms with Crippen molar-refractivity contribution in [3.8, 4) is 28.6 Å². The standard InChI is InChI=1S/C20H20FN5O2/c1-25-10-12-8-16(25)19(21)20(12)28-18-5-4-15(23-24-18)14-3-2-13(9-17(14)27)26-7-6-22-11-26/h2-7,9,11-12,16,19-20,27H,8,10H2,1H3/t12?,16?,19-,20+/m1/s1. The molecule has 2 fully saturated rings. The van der Waals surface area contributed by atoms with E-state index in [1.54, 1.807) is 47.6 Å². The number of piperidine rings is 1. The van der Waals surface area contributed by atoms with E-state index >= 15 is 0 Å². The number of likely N-dealkylation sites (tertiary alicyclic amines) is 1. The number of ether oxygens (including phenoxy) is 1. The first kappa shape index (κ1) is 17.1. The lowest BCUT2D eigenvalue weighted by Gasteiger charge is -2.31. The Balaban J connectivity index is 1.33. The van der Waals surface area contributed by atoms with Gasteiger partial charge >= 0.3 is 0 Å². The maximum Gasteiger partial charge on any atom is 0.233 e. The van der Waals surface area contributed by atoms with Crippen LogP contribution in [0.2, 0.25) is 0 Å². The summed E-state index contributed by atoms with van der Waals surface area (Å²) in [7, 11) is 1.95. The summed E-state index contributed by atoms with van der Waals surface area (Å²) in [5.74, 6) is 0.585. The van der Waals surface area contributed by atoms with E-state index in [9.17, 15) is 9.50 Å². The first-order valence-corrected chi connectivity index (χ1v) is 9.26. The fraction of sp³-hybridized carbons (Fsp3) is 0.350. The number of aromatic hydroxyl groups is 1. The number of rotatable bonds is 4. The molecule has 2 unspecified atom stereocenters. The SMILES string of the molecule is CN1CC2CC1[C@@H](F)[C@H]2Oc1ccc(-c2ccc(-n3ccnc3)cc2O)nn1. The lowest BCUT2D eigenvalue weighted by Crippen LogP contribution is -2.46. The fourth-order valence-corrected chi connectivity index (χ4v) is 4.30. The highest BCUT2D eigenvalue weighted by molar-refractivity contribution is 5.68. The molecule has 1 aromatic carbocycles. The van der Waals surface area contributed by atoms with Gasteiger partial charge < -0.3 is 14.4 Å². The van der Waals surface area contributed by atoms with Crippen LogP contribution in [0.1, 0.15) is 6.42 Å². The van der Waals surface area contributed by atoms with Gasteiger partial charge in [-0.15, -0.1) is 10.2 Å². The Bertz CT molecular complexity index is 977. The summed E-state index contributed by atoms with van der Waals surface area (Å²) in [4.78, 5) is 6.06. The maximum atomic E-state index is 14.5. The number of benzene rings is 1. The van der Waals surface area contributed by atoms with Crippen molar-refractivity contribution in [1.29, 1.82) is 0 Å². The Kier molecular flexibility index (Phi) is 4.01. The van der Waals surface area contributed by atoms with Crippen molar-refractivity contribution in [3.05, 3.63) is 49.1 Å². The average Bonchev–Trinajstić information content (AvgIpc) is 3.41. The third-order valence-electron chi connectivity index (χ3n) is 5.74. The summed E-state index contributed by atoms with van der Waals surface area (Å²) in [6, 6.07) is 8.62. The van der Waals surface area contributed by atoms with Gasteiger partial charge in [-0.05, 0) is 31.7 Å². The molecule has 0 radical (unpaired) electrons. The highest BCUT2D eigenvalue weighted by atomic mass is 19.1. The predicted molar refractivity (Wildman–Crippen MR) is 100 cm³/mol. The quantitative estimate of drug-likeness (QED) is 0.748. The molecule has 1 aliphatic heterocycles. The highest BCUT2D eigenvalue weighted by Crippen LogP contribution is 2.40. The predicted octanol–water partition coefficient (Wildman–Crippen LogP) is 2.45. The number of halogens is 1. The summed E-state index contributed by atoms with van der Waals surface area (Å²) in [6.07, 6.45) is 4.48. The molecule has 28 heavy (non-hydrogen) atoms.